The van der Waals surface area contributed by atoms with Gasteiger partial charge in [0, 0.05) is 5.41 Å². The van der Waals surface area contributed by atoms with Crippen molar-refractivity contribution in [1.29, 1.82) is 0 Å². The number of phenols is 1. The molecule has 0 fully saturated rings. The molecule has 0 aromatic heterocycles. The van der Waals surface area contributed by atoms with Crippen molar-refractivity contribution in [2.24, 2.45) is 0 Å². The first-order valence-corrected chi connectivity index (χ1v) is 4.64. The molecular weight excluding hydrogens is 194 g/mol. The number of carbonyl (C=O) groups is 1. The first-order chi connectivity index (χ1) is 6.83. The van der Waals surface area contributed by atoms with Crippen LogP contribution in [0.15, 0.2) is 18.2 Å². The van der Waals surface area contributed by atoms with Gasteiger partial charge in [-0.2, -0.15) is 0 Å². The highest BCUT2D eigenvalue weighted by Gasteiger charge is 2.24. The molecule has 1 aromatic carbocycles. The van der Waals surface area contributed by atoms with Crippen molar-refractivity contribution in [2.45, 2.75) is 25.7 Å². The van der Waals surface area contributed by atoms with Gasteiger partial charge in [-0.25, -0.2) is 0 Å². The lowest BCUT2D eigenvalue weighted by Gasteiger charge is -2.23. The van der Waals surface area contributed by atoms with Crippen LogP contribution in [0.4, 0.5) is 5.69 Å². The number of nitrogen functional groups attached to an aromatic ring is 1. The normalized spacial score (nSPS) is 11.3. The summed E-state index contributed by atoms with van der Waals surface area (Å²) in [6, 6.07) is 4.78. The van der Waals surface area contributed by atoms with Gasteiger partial charge in [-0.1, -0.05) is 19.9 Å². The van der Waals surface area contributed by atoms with Gasteiger partial charge < -0.3 is 15.9 Å². The molecule has 4 N–H and O–H groups in total. The molecule has 1 aromatic rings. The molecule has 15 heavy (non-hydrogen) atoms. The molecule has 0 aliphatic heterocycles. The van der Waals surface area contributed by atoms with Crippen molar-refractivity contribution < 1.29 is 15.0 Å². The monoisotopic (exact) mass is 209 g/mol. The Balaban J connectivity index is 3.04. The summed E-state index contributed by atoms with van der Waals surface area (Å²) >= 11 is 0. The quantitative estimate of drug-likeness (QED) is 0.523. The van der Waals surface area contributed by atoms with E-state index in [9.17, 15) is 9.90 Å². The second kappa shape index (κ2) is 3.81. The molecular formula is C11H15NO3. The summed E-state index contributed by atoms with van der Waals surface area (Å²) in [7, 11) is 0. The van der Waals surface area contributed by atoms with Crippen LogP contribution >= 0.6 is 0 Å². The molecule has 0 spiro atoms. The fraction of sp³-hybridized carbons (Fsp3) is 0.364. The Hall–Kier alpha value is -1.71. The van der Waals surface area contributed by atoms with Crippen LogP contribution in [-0.2, 0) is 10.2 Å². The summed E-state index contributed by atoms with van der Waals surface area (Å²) in [4.78, 5) is 10.7. The molecule has 0 unspecified atom stereocenters. The van der Waals surface area contributed by atoms with E-state index in [1.807, 2.05) is 13.8 Å². The summed E-state index contributed by atoms with van der Waals surface area (Å²) in [5.74, 6) is -0.837. The zero-order chi connectivity index (χ0) is 11.6. The zero-order valence-corrected chi connectivity index (χ0v) is 8.82. The van der Waals surface area contributed by atoms with Crippen LogP contribution in [0.2, 0.25) is 0 Å². The van der Waals surface area contributed by atoms with Gasteiger partial charge in [-0.05, 0) is 17.7 Å². The van der Waals surface area contributed by atoms with Gasteiger partial charge in [0.1, 0.15) is 5.75 Å². The highest BCUT2D eigenvalue weighted by Crippen LogP contribution is 2.31. The first-order valence-electron chi connectivity index (χ1n) is 4.64. The van der Waals surface area contributed by atoms with Crippen LogP contribution in [0.1, 0.15) is 25.8 Å². The second-order valence-corrected chi connectivity index (χ2v) is 4.23. The molecule has 1 rings (SSSR count). The molecule has 0 heterocycles. The van der Waals surface area contributed by atoms with E-state index in [0.717, 1.165) is 5.56 Å². The lowest BCUT2D eigenvalue weighted by Crippen LogP contribution is -2.21. The molecule has 0 saturated heterocycles. The number of aromatic hydroxyl groups is 1. The van der Waals surface area contributed by atoms with Gasteiger partial charge in [0.05, 0.1) is 12.1 Å². The van der Waals surface area contributed by atoms with Gasteiger partial charge in [-0.3, -0.25) is 4.79 Å². The molecule has 0 radical (unpaired) electrons. The number of anilines is 1. The van der Waals surface area contributed by atoms with E-state index in [4.69, 9.17) is 10.8 Å². The lowest BCUT2D eigenvalue weighted by molar-refractivity contribution is -0.138. The third kappa shape index (κ3) is 2.62. The van der Waals surface area contributed by atoms with Crippen LogP contribution in [0, 0.1) is 0 Å². The maximum atomic E-state index is 10.7. The molecule has 82 valence electrons. The Morgan fingerprint density at radius 1 is 1.47 bits per heavy atom. The van der Waals surface area contributed by atoms with Gasteiger partial charge in [-0.15, -0.1) is 0 Å². The minimum Gasteiger partial charge on any atom is -0.506 e. The number of aliphatic carboxylic acids is 1. The van der Waals surface area contributed by atoms with Crippen LogP contribution in [0.3, 0.4) is 0 Å². The average molecular weight is 209 g/mol. The minimum atomic E-state index is -0.855. The second-order valence-electron chi connectivity index (χ2n) is 4.23. The summed E-state index contributed by atoms with van der Waals surface area (Å²) in [5, 5.41) is 18.0. The van der Waals surface area contributed by atoms with Crippen molar-refractivity contribution in [3.8, 4) is 5.75 Å². The molecule has 0 bridgehead atoms. The van der Waals surface area contributed by atoms with E-state index in [2.05, 4.69) is 0 Å². The Bertz CT molecular complexity index is 385. The summed E-state index contributed by atoms with van der Waals surface area (Å²) in [6.45, 7) is 3.65. The molecule has 0 saturated carbocycles. The number of hydrogen-bond donors (Lipinski definition) is 3. The Labute approximate surface area is 88.3 Å². The lowest BCUT2D eigenvalue weighted by atomic mass is 9.81. The number of phenolic OH excluding ortho intramolecular Hbond substituents is 1. The summed E-state index contributed by atoms with van der Waals surface area (Å²) in [5.41, 5.74) is 6.13. The zero-order valence-electron chi connectivity index (χ0n) is 8.82. The third-order valence-corrected chi connectivity index (χ3v) is 2.40. The third-order valence-electron chi connectivity index (χ3n) is 2.40. The van der Waals surface area contributed by atoms with E-state index in [0.29, 0.717) is 0 Å². The van der Waals surface area contributed by atoms with Gasteiger partial charge >= 0.3 is 5.97 Å². The van der Waals surface area contributed by atoms with Crippen molar-refractivity contribution in [3.63, 3.8) is 0 Å². The van der Waals surface area contributed by atoms with Crippen LogP contribution in [-0.4, -0.2) is 16.2 Å². The fourth-order valence-corrected chi connectivity index (χ4v) is 1.46. The van der Waals surface area contributed by atoms with Crippen molar-refractivity contribution in [2.75, 3.05) is 5.73 Å². The summed E-state index contributed by atoms with van der Waals surface area (Å²) in [6.07, 6.45) is 0.0250. The average Bonchev–Trinajstić information content (AvgIpc) is 2.07. The number of benzene rings is 1. The maximum Gasteiger partial charge on any atom is 0.304 e. The molecule has 0 amide bonds. The van der Waals surface area contributed by atoms with Gasteiger partial charge in [0.15, 0.2) is 0 Å². The number of carboxylic acids is 1. The van der Waals surface area contributed by atoms with E-state index in [1.54, 1.807) is 12.1 Å². The van der Waals surface area contributed by atoms with Crippen LogP contribution in [0.5, 0.6) is 5.75 Å². The van der Waals surface area contributed by atoms with Crippen LogP contribution < -0.4 is 5.73 Å². The van der Waals surface area contributed by atoms with Crippen molar-refractivity contribution in [3.05, 3.63) is 23.8 Å². The van der Waals surface area contributed by atoms with Crippen molar-refractivity contribution >= 4 is 11.7 Å². The molecule has 0 atom stereocenters. The molecule has 0 aliphatic rings. The SMILES string of the molecule is CC(C)(CC(=O)O)c1ccc(O)c(N)c1. The number of hydrogen-bond acceptors (Lipinski definition) is 3. The number of nitrogens with two attached hydrogens (primary N) is 1. The number of rotatable bonds is 3. The largest absolute Gasteiger partial charge is 0.506 e. The molecule has 4 heteroatoms. The fourth-order valence-electron chi connectivity index (χ4n) is 1.46. The standard InChI is InChI=1S/C11H15NO3/c1-11(2,6-10(14)15)7-3-4-9(13)8(12)5-7/h3-5,13H,6,12H2,1-2H3,(H,14,15). The first kappa shape index (κ1) is 11.4. The van der Waals surface area contributed by atoms with E-state index in [1.165, 1.54) is 6.07 Å². The maximum absolute atomic E-state index is 10.7. The Morgan fingerprint density at radius 3 is 2.53 bits per heavy atom. The number of carboxylic acid groups (broad SMARTS) is 1. The van der Waals surface area contributed by atoms with Crippen LogP contribution in [0.25, 0.3) is 0 Å². The minimum absolute atomic E-state index is 0.0184. The predicted molar refractivity (Wildman–Crippen MR) is 57.8 cm³/mol. The smallest absolute Gasteiger partial charge is 0.304 e. The van der Waals surface area contributed by atoms with E-state index in [-0.39, 0.29) is 17.9 Å². The van der Waals surface area contributed by atoms with Crippen molar-refractivity contribution in [1.82, 2.24) is 0 Å². The topological polar surface area (TPSA) is 83.5 Å². The van der Waals surface area contributed by atoms with Gasteiger partial charge in [0.2, 0.25) is 0 Å². The van der Waals surface area contributed by atoms with Gasteiger partial charge in [0.25, 0.3) is 0 Å². The Kier molecular flexibility index (Phi) is 2.88. The molecule has 4 nitrogen and oxygen atoms in total. The van der Waals surface area contributed by atoms with E-state index >= 15 is 0 Å². The highest BCUT2D eigenvalue weighted by atomic mass is 16.4. The highest BCUT2D eigenvalue weighted by molar-refractivity contribution is 5.69. The molecule has 0 aliphatic carbocycles. The predicted octanol–water partition coefficient (Wildman–Crippen LogP) is 1.73. The van der Waals surface area contributed by atoms with E-state index < -0.39 is 11.4 Å². The Morgan fingerprint density at radius 2 is 2.07 bits per heavy atom. The summed E-state index contributed by atoms with van der Waals surface area (Å²) < 4.78 is 0.